The molecular weight excluding hydrogens is 364 g/mol. The second kappa shape index (κ2) is 8.30. The molecule has 9 nitrogen and oxygen atoms in total. The predicted molar refractivity (Wildman–Crippen MR) is 102 cm³/mol. The van der Waals surface area contributed by atoms with Crippen molar-refractivity contribution in [1.29, 1.82) is 0 Å². The average molecular weight is 382 g/mol. The van der Waals surface area contributed by atoms with Crippen LogP contribution in [0.4, 0.5) is 5.69 Å². The number of nitrogens with one attached hydrogen (secondary N) is 1. The Morgan fingerprint density at radius 1 is 1.29 bits per heavy atom. The Bertz CT molecular complexity index is 1090. The summed E-state index contributed by atoms with van der Waals surface area (Å²) >= 11 is 0. The van der Waals surface area contributed by atoms with Crippen LogP contribution in [0.1, 0.15) is 5.56 Å². The Morgan fingerprint density at radius 3 is 2.86 bits per heavy atom. The highest BCUT2D eigenvalue weighted by Crippen LogP contribution is 2.16. The van der Waals surface area contributed by atoms with Crippen molar-refractivity contribution < 1.29 is 14.5 Å². The fourth-order valence-electron chi connectivity index (χ4n) is 2.65. The number of rotatable bonds is 7. The topological polar surface area (TPSA) is 116 Å². The Morgan fingerprint density at radius 2 is 2.11 bits per heavy atom. The number of nitro groups is 1. The lowest BCUT2D eigenvalue weighted by molar-refractivity contribution is -0.384. The van der Waals surface area contributed by atoms with Gasteiger partial charge in [-0.05, 0) is 30.7 Å². The number of benzene rings is 2. The van der Waals surface area contributed by atoms with Gasteiger partial charge in [0.25, 0.3) is 11.2 Å². The zero-order valence-corrected chi connectivity index (χ0v) is 15.1. The lowest BCUT2D eigenvalue weighted by atomic mass is 10.2. The zero-order valence-electron chi connectivity index (χ0n) is 15.1. The lowest BCUT2D eigenvalue weighted by Crippen LogP contribution is -2.34. The lowest BCUT2D eigenvalue weighted by Gasteiger charge is -2.09. The number of non-ortho nitro benzene ring substituents is 1. The number of hydrogen-bond donors (Lipinski definition) is 1. The normalized spacial score (nSPS) is 10.6. The molecule has 144 valence electrons. The molecule has 1 heterocycles. The molecule has 0 bridgehead atoms. The molecule has 3 aromatic rings. The molecule has 1 N–H and O–H groups in total. The maximum absolute atomic E-state index is 12.4. The number of aromatic nitrogens is 2. The van der Waals surface area contributed by atoms with Gasteiger partial charge < -0.3 is 10.1 Å². The molecule has 28 heavy (non-hydrogen) atoms. The van der Waals surface area contributed by atoms with E-state index in [2.05, 4.69) is 10.3 Å². The van der Waals surface area contributed by atoms with Gasteiger partial charge in [-0.3, -0.25) is 24.3 Å². The van der Waals surface area contributed by atoms with Crippen molar-refractivity contribution in [3.05, 3.63) is 74.8 Å². The van der Waals surface area contributed by atoms with Gasteiger partial charge in [0.15, 0.2) is 0 Å². The summed E-state index contributed by atoms with van der Waals surface area (Å²) in [5, 5.41) is 13.7. The van der Waals surface area contributed by atoms with Crippen molar-refractivity contribution >= 4 is 22.5 Å². The van der Waals surface area contributed by atoms with E-state index < -0.39 is 10.5 Å². The third-order valence-corrected chi connectivity index (χ3v) is 4.02. The summed E-state index contributed by atoms with van der Waals surface area (Å²) in [6, 6.07) is 11.4. The summed E-state index contributed by atoms with van der Waals surface area (Å²) in [6.45, 7) is 2.34. The van der Waals surface area contributed by atoms with Crippen LogP contribution >= 0.6 is 0 Å². The summed E-state index contributed by atoms with van der Waals surface area (Å²) in [5.41, 5.74) is 0.701. The van der Waals surface area contributed by atoms with E-state index in [0.29, 0.717) is 6.61 Å². The molecule has 0 aliphatic carbocycles. The third kappa shape index (κ3) is 4.50. The van der Waals surface area contributed by atoms with E-state index in [0.717, 1.165) is 15.9 Å². The van der Waals surface area contributed by atoms with E-state index in [4.69, 9.17) is 4.74 Å². The van der Waals surface area contributed by atoms with Crippen LogP contribution in [0.5, 0.6) is 5.75 Å². The molecule has 0 spiro atoms. The van der Waals surface area contributed by atoms with Crippen LogP contribution in [0, 0.1) is 17.0 Å². The van der Waals surface area contributed by atoms with E-state index in [1.807, 2.05) is 31.2 Å². The van der Waals surface area contributed by atoms with Gasteiger partial charge in [-0.1, -0.05) is 12.1 Å². The molecule has 0 unspecified atom stereocenters. The molecule has 1 amide bonds. The number of hydrogen-bond acceptors (Lipinski definition) is 6. The van der Waals surface area contributed by atoms with Gasteiger partial charge in [0, 0.05) is 12.1 Å². The van der Waals surface area contributed by atoms with Crippen molar-refractivity contribution in [3.63, 3.8) is 0 Å². The zero-order chi connectivity index (χ0) is 20.1. The summed E-state index contributed by atoms with van der Waals surface area (Å²) < 4.78 is 6.71. The van der Waals surface area contributed by atoms with Gasteiger partial charge >= 0.3 is 0 Å². The smallest absolute Gasteiger partial charge is 0.271 e. The van der Waals surface area contributed by atoms with E-state index >= 15 is 0 Å². The van der Waals surface area contributed by atoms with Crippen LogP contribution in [-0.2, 0) is 11.3 Å². The maximum Gasteiger partial charge on any atom is 0.271 e. The van der Waals surface area contributed by atoms with Gasteiger partial charge in [-0.25, -0.2) is 4.98 Å². The number of carbonyl (C=O) groups excluding carboxylic acids is 1. The van der Waals surface area contributed by atoms with Gasteiger partial charge in [0.1, 0.15) is 18.9 Å². The van der Waals surface area contributed by atoms with E-state index in [1.54, 1.807) is 0 Å². The summed E-state index contributed by atoms with van der Waals surface area (Å²) in [5.74, 6) is 0.358. The average Bonchev–Trinajstić information content (AvgIpc) is 2.67. The minimum atomic E-state index is -0.557. The highest BCUT2D eigenvalue weighted by molar-refractivity contribution is 5.80. The van der Waals surface area contributed by atoms with Crippen molar-refractivity contribution in [2.24, 2.45) is 0 Å². The Labute approximate surface area is 159 Å². The molecule has 9 heteroatoms. The van der Waals surface area contributed by atoms with Crippen molar-refractivity contribution in [2.45, 2.75) is 13.5 Å². The van der Waals surface area contributed by atoms with Crippen LogP contribution in [0.15, 0.2) is 53.6 Å². The number of carbonyl (C=O) groups is 1. The monoisotopic (exact) mass is 382 g/mol. The Hall–Kier alpha value is -3.75. The molecule has 1 aromatic heterocycles. The first-order valence-corrected chi connectivity index (χ1v) is 8.54. The minimum absolute atomic E-state index is 0.150. The first-order valence-electron chi connectivity index (χ1n) is 8.54. The molecule has 0 aliphatic heterocycles. The van der Waals surface area contributed by atoms with Crippen molar-refractivity contribution in [2.75, 3.05) is 13.2 Å². The van der Waals surface area contributed by atoms with Crippen LogP contribution < -0.4 is 15.6 Å². The van der Waals surface area contributed by atoms with Crippen LogP contribution in [0.3, 0.4) is 0 Å². The molecule has 3 rings (SSSR count). The van der Waals surface area contributed by atoms with Gasteiger partial charge in [-0.15, -0.1) is 0 Å². The van der Waals surface area contributed by atoms with Crippen LogP contribution in [-0.4, -0.2) is 33.5 Å². The fourth-order valence-corrected chi connectivity index (χ4v) is 2.65. The molecule has 2 aromatic carbocycles. The Balaban J connectivity index is 1.58. The summed E-state index contributed by atoms with van der Waals surface area (Å²) in [7, 11) is 0. The third-order valence-electron chi connectivity index (χ3n) is 4.02. The number of aryl methyl sites for hydroxylation is 1. The SMILES string of the molecule is Cc1cccc(OCCNC(=O)Cn2cnc3cc([N+](=O)[O-])ccc3c2=O)c1. The number of ether oxygens (including phenoxy) is 1. The molecule has 0 fully saturated rings. The highest BCUT2D eigenvalue weighted by Gasteiger charge is 2.12. The molecule has 0 atom stereocenters. The largest absolute Gasteiger partial charge is 0.492 e. The predicted octanol–water partition coefficient (Wildman–Crippen LogP) is 1.81. The quantitative estimate of drug-likeness (QED) is 0.378. The molecule has 0 radical (unpaired) electrons. The van der Waals surface area contributed by atoms with Crippen molar-refractivity contribution in [1.82, 2.24) is 14.9 Å². The van der Waals surface area contributed by atoms with E-state index in [1.165, 1.54) is 24.5 Å². The molecule has 0 aliphatic rings. The summed E-state index contributed by atoms with van der Waals surface area (Å²) in [4.78, 5) is 38.8. The molecule has 0 saturated heterocycles. The van der Waals surface area contributed by atoms with Crippen LogP contribution in [0.25, 0.3) is 10.9 Å². The van der Waals surface area contributed by atoms with Gasteiger partial charge in [0.05, 0.1) is 28.7 Å². The second-order valence-electron chi connectivity index (χ2n) is 6.15. The standard InChI is InChI=1S/C19H18N4O5/c1-13-3-2-4-15(9-13)28-8-7-20-18(24)11-22-12-21-17-10-14(23(26)27)5-6-16(17)19(22)25/h2-6,9-10,12H,7-8,11H2,1H3,(H,20,24). The number of nitrogens with zero attached hydrogens (tertiary/aromatic N) is 3. The van der Waals surface area contributed by atoms with E-state index in [9.17, 15) is 19.7 Å². The first kappa shape index (κ1) is 19.0. The van der Waals surface area contributed by atoms with E-state index in [-0.39, 0.29) is 35.6 Å². The van der Waals surface area contributed by atoms with Gasteiger partial charge in [0.2, 0.25) is 5.91 Å². The van der Waals surface area contributed by atoms with Gasteiger partial charge in [-0.2, -0.15) is 0 Å². The number of amides is 1. The maximum atomic E-state index is 12.4. The number of nitro benzene ring substituents is 1. The minimum Gasteiger partial charge on any atom is -0.492 e. The van der Waals surface area contributed by atoms with Crippen molar-refractivity contribution in [3.8, 4) is 5.75 Å². The molecule has 0 saturated carbocycles. The summed E-state index contributed by atoms with van der Waals surface area (Å²) in [6.07, 6.45) is 1.21. The fraction of sp³-hybridized carbons (Fsp3) is 0.211. The Kier molecular flexibility index (Phi) is 5.64. The van der Waals surface area contributed by atoms with Crippen LogP contribution in [0.2, 0.25) is 0 Å². The number of fused-ring (bicyclic) bond motifs is 1. The highest BCUT2D eigenvalue weighted by atomic mass is 16.6. The first-order chi connectivity index (χ1) is 13.4. The molecular formula is C19H18N4O5. The second-order valence-corrected chi connectivity index (χ2v) is 6.15.